The smallest absolute Gasteiger partial charge is 0.274 e. The van der Waals surface area contributed by atoms with Crippen LogP contribution in [0, 0.1) is 6.92 Å². The van der Waals surface area contributed by atoms with Crippen molar-refractivity contribution in [2.75, 3.05) is 12.4 Å². The summed E-state index contributed by atoms with van der Waals surface area (Å²) in [4.78, 5) is 30.9. The summed E-state index contributed by atoms with van der Waals surface area (Å²) in [6, 6.07) is 7.47. The SMILES string of the molecule is COc1ccc(C2(C(=O)Nc3c(C)nc[nH]c3=O)CC2)cc1. The lowest BCUT2D eigenvalue weighted by atomic mass is 9.95. The van der Waals surface area contributed by atoms with Crippen LogP contribution in [0.1, 0.15) is 24.1 Å². The van der Waals surface area contributed by atoms with E-state index < -0.39 is 5.41 Å². The molecule has 22 heavy (non-hydrogen) atoms. The number of aromatic amines is 1. The van der Waals surface area contributed by atoms with Crippen molar-refractivity contribution in [2.45, 2.75) is 25.2 Å². The molecule has 3 rings (SSSR count). The second kappa shape index (κ2) is 5.29. The summed E-state index contributed by atoms with van der Waals surface area (Å²) in [6.07, 6.45) is 2.86. The molecule has 2 N–H and O–H groups in total. The predicted molar refractivity (Wildman–Crippen MR) is 82.1 cm³/mol. The maximum Gasteiger partial charge on any atom is 0.274 e. The molecule has 6 heteroatoms. The molecule has 0 spiro atoms. The Kier molecular flexibility index (Phi) is 3.44. The number of anilines is 1. The van der Waals surface area contributed by atoms with Crippen LogP contribution >= 0.6 is 0 Å². The van der Waals surface area contributed by atoms with Crippen LogP contribution in [0.15, 0.2) is 35.4 Å². The molecule has 0 aliphatic heterocycles. The lowest BCUT2D eigenvalue weighted by Crippen LogP contribution is -2.31. The van der Waals surface area contributed by atoms with Gasteiger partial charge in [0.25, 0.3) is 5.56 Å². The van der Waals surface area contributed by atoms with Crippen molar-refractivity contribution in [1.29, 1.82) is 0 Å². The number of aryl methyl sites for hydroxylation is 1. The Bertz CT molecular complexity index is 761. The quantitative estimate of drug-likeness (QED) is 0.901. The first-order valence-electron chi connectivity index (χ1n) is 7.07. The van der Waals surface area contributed by atoms with Crippen LogP contribution in [0.2, 0.25) is 0 Å². The maximum absolute atomic E-state index is 12.6. The number of nitrogens with one attached hydrogen (secondary N) is 2. The molecule has 1 aromatic heterocycles. The highest BCUT2D eigenvalue weighted by Crippen LogP contribution is 2.49. The van der Waals surface area contributed by atoms with Crippen LogP contribution in [-0.4, -0.2) is 23.0 Å². The molecule has 1 aromatic carbocycles. The molecule has 1 aliphatic rings. The zero-order valence-electron chi connectivity index (χ0n) is 12.5. The lowest BCUT2D eigenvalue weighted by Gasteiger charge is -2.16. The number of aromatic nitrogens is 2. The Morgan fingerprint density at radius 1 is 1.32 bits per heavy atom. The van der Waals surface area contributed by atoms with E-state index in [1.54, 1.807) is 14.0 Å². The van der Waals surface area contributed by atoms with Crippen molar-refractivity contribution in [3.05, 3.63) is 52.2 Å². The number of ether oxygens (including phenoxy) is 1. The summed E-state index contributed by atoms with van der Waals surface area (Å²) in [5.74, 6) is 0.582. The number of nitrogens with zero attached hydrogens (tertiary/aromatic N) is 1. The van der Waals surface area contributed by atoms with Gasteiger partial charge in [-0.2, -0.15) is 0 Å². The zero-order chi connectivity index (χ0) is 15.7. The van der Waals surface area contributed by atoms with Crippen molar-refractivity contribution in [1.82, 2.24) is 9.97 Å². The molecular weight excluding hydrogens is 282 g/mol. The van der Waals surface area contributed by atoms with E-state index in [0.29, 0.717) is 5.69 Å². The molecule has 1 saturated carbocycles. The van der Waals surface area contributed by atoms with Gasteiger partial charge < -0.3 is 15.0 Å². The van der Waals surface area contributed by atoms with Crippen molar-refractivity contribution >= 4 is 11.6 Å². The number of carbonyl (C=O) groups excluding carboxylic acids is 1. The van der Waals surface area contributed by atoms with E-state index in [4.69, 9.17) is 4.74 Å². The summed E-state index contributed by atoms with van der Waals surface area (Å²) < 4.78 is 5.14. The fraction of sp³-hybridized carbons (Fsp3) is 0.312. The molecule has 0 bridgehead atoms. The van der Waals surface area contributed by atoms with Gasteiger partial charge in [-0.3, -0.25) is 9.59 Å². The molecule has 0 saturated heterocycles. The van der Waals surface area contributed by atoms with Gasteiger partial charge in [0, 0.05) is 0 Å². The minimum atomic E-state index is -0.555. The van der Waals surface area contributed by atoms with Gasteiger partial charge in [-0.1, -0.05) is 12.1 Å². The molecule has 0 unspecified atom stereocenters. The van der Waals surface area contributed by atoms with Crippen molar-refractivity contribution < 1.29 is 9.53 Å². The van der Waals surface area contributed by atoms with E-state index in [1.165, 1.54) is 6.33 Å². The van der Waals surface area contributed by atoms with E-state index in [1.807, 2.05) is 24.3 Å². The first-order valence-corrected chi connectivity index (χ1v) is 7.07. The van der Waals surface area contributed by atoms with Crippen LogP contribution < -0.4 is 15.6 Å². The fourth-order valence-electron chi connectivity index (χ4n) is 2.55. The Morgan fingerprint density at radius 2 is 2.00 bits per heavy atom. The highest BCUT2D eigenvalue weighted by atomic mass is 16.5. The topological polar surface area (TPSA) is 84.1 Å². The van der Waals surface area contributed by atoms with E-state index in [9.17, 15) is 9.59 Å². The Hall–Kier alpha value is -2.63. The highest BCUT2D eigenvalue weighted by molar-refractivity contribution is 6.01. The highest BCUT2D eigenvalue weighted by Gasteiger charge is 2.51. The van der Waals surface area contributed by atoms with E-state index in [2.05, 4.69) is 15.3 Å². The number of hydrogen-bond donors (Lipinski definition) is 2. The summed E-state index contributed by atoms with van der Waals surface area (Å²) >= 11 is 0. The van der Waals surface area contributed by atoms with Crippen LogP contribution in [-0.2, 0) is 10.2 Å². The van der Waals surface area contributed by atoms with Crippen molar-refractivity contribution in [3.8, 4) is 5.75 Å². The second-order valence-electron chi connectivity index (χ2n) is 5.46. The minimum absolute atomic E-state index is 0.167. The molecule has 1 aliphatic carbocycles. The fourth-order valence-corrected chi connectivity index (χ4v) is 2.55. The molecule has 1 fully saturated rings. The molecule has 2 aromatic rings. The van der Waals surface area contributed by atoms with Gasteiger partial charge in [0.05, 0.1) is 24.5 Å². The van der Waals surface area contributed by atoms with Crippen LogP contribution in [0.25, 0.3) is 0 Å². The molecular formula is C16H17N3O3. The maximum atomic E-state index is 12.6. The number of amides is 1. The van der Waals surface area contributed by atoms with Gasteiger partial charge >= 0.3 is 0 Å². The van der Waals surface area contributed by atoms with Crippen LogP contribution in [0.5, 0.6) is 5.75 Å². The number of carbonyl (C=O) groups is 1. The van der Waals surface area contributed by atoms with Gasteiger partial charge in [0.15, 0.2) is 0 Å². The van der Waals surface area contributed by atoms with E-state index in [0.717, 1.165) is 24.2 Å². The van der Waals surface area contributed by atoms with Crippen LogP contribution in [0.3, 0.4) is 0 Å². The number of rotatable bonds is 4. The summed E-state index contributed by atoms with van der Waals surface area (Å²) in [5, 5.41) is 2.73. The number of benzene rings is 1. The summed E-state index contributed by atoms with van der Waals surface area (Å²) in [6.45, 7) is 1.69. The van der Waals surface area contributed by atoms with Crippen LogP contribution in [0.4, 0.5) is 5.69 Å². The molecule has 1 amide bonds. The van der Waals surface area contributed by atoms with Gasteiger partial charge in [-0.15, -0.1) is 0 Å². The third-order valence-corrected chi connectivity index (χ3v) is 4.11. The number of hydrogen-bond acceptors (Lipinski definition) is 4. The largest absolute Gasteiger partial charge is 0.497 e. The molecule has 1 heterocycles. The summed E-state index contributed by atoms with van der Waals surface area (Å²) in [7, 11) is 1.60. The third-order valence-electron chi connectivity index (χ3n) is 4.11. The normalized spacial score (nSPS) is 15.2. The Balaban J connectivity index is 1.86. The van der Waals surface area contributed by atoms with E-state index >= 15 is 0 Å². The Labute approximate surface area is 127 Å². The number of H-pyrrole nitrogens is 1. The standard InChI is InChI=1S/C16H17N3O3/c1-10-13(14(20)18-9-17-10)19-15(21)16(7-8-16)11-3-5-12(22-2)6-4-11/h3-6,9H,7-8H2,1-2H3,(H,19,21)(H,17,18,20). The van der Waals surface area contributed by atoms with Crippen molar-refractivity contribution in [2.24, 2.45) is 0 Å². The average Bonchev–Trinajstić information content (AvgIpc) is 3.33. The van der Waals surface area contributed by atoms with Gasteiger partial charge in [-0.05, 0) is 37.5 Å². The van der Waals surface area contributed by atoms with E-state index in [-0.39, 0.29) is 17.2 Å². The minimum Gasteiger partial charge on any atom is -0.497 e. The molecule has 6 nitrogen and oxygen atoms in total. The van der Waals surface area contributed by atoms with Gasteiger partial charge in [0.1, 0.15) is 11.4 Å². The predicted octanol–water partition coefficient (Wildman–Crippen LogP) is 1.76. The number of methoxy groups -OCH3 is 1. The molecule has 0 atom stereocenters. The summed E-state index contributed by atoms with van der Waals surface area (Å²) in [5.41, 5.74) is 0.756. The Morgan fingerprint density at radius 3 is 2.55 bits per heavy atom. The monoisotopic (exact) mass is 299 g/mol. The average molecular weight is 299 g/mol. The van der Waals surface area contributed by atoms with Crippen molar-refractivity contribution in [3.63, 3.8) is 0 Å². The zero-order valence-corrected chi connectivity index (χ0v) is 12.5. The lowest BCUT2D eigenvalue weighted by molar-refractivity contribution is -0.118. The molecule has 114 valence electrons. The molecule has 0 radical (unpaired) electrons. The second-order valence-corrected chi connectivity index (χ2v) is 5.46. The first kappa shape index (κ1) is 14.3. The first-order chi connectivity index (χ1) is 10.6. The third kappa shape index (κ3) is 2.36. The van der Waals surface area contributed by atoms with Gasteiger partial charge in [0.2, 0.25) is 5.91 Å². The van der Waals surface area contributed by atoms with Gasteiger partial charge in [-0.25, -0.2) is 4.98 Å².